The van der Waals surface area contributed by atoms with Crippen LogP contribution >= 0.6 is 0 Å². The Bertz CT molecular complexity index is 992. The molecule has 0 radical (unpaired) electrons. The monoisotopic (exact) mass is 402 g/mol. The Morgan fingerprint density at radius 1 is 0.897 bits per heavy atom. The number of aryl methyl sites for hydroxylation is 1. The van der Waals surface area contributed by atoms with E-state index < -0.39 is 18.5 Å². The number of pyridine rings is 1. The molecule has 3 aromatic rings. The highest BCUT2D eigenvalue weighted by Gasteiger charge is 2.31. The quantitative estimate of drug-likeness (QED) is 0.560. The van der Waals surface area contributed by atoms with Gasteiger partial charge < -0.3 is 16.0 Å². The second kappa shape index (κ2) is 8.55. The van der Waals surface area contributed by atoms with E-state index in [0.717, 1.165) is 5.56 Å². The first-order valence-corrected chi connectivity index (χ1v) is 8.52. The van der Waals surface area contributed by atoms with E-state index in [4.69, 9.17) is 0 Å². The van der Waals surface area contributed by atoms with Gasteiger partial charge >= 0.3 is 6.18 Å². The minimum Gasteiger partial charge on any atom is -0.340 e. The number of carbonyl (C=O) groups is 1. The van der Waals surface area contributed by atoms with Gasteiger partial charge in [-0.05, 0) is 48.9 Å². The molecule has 0 fully saturated rings. The molecule has 0 saturated carbocycles. The molecular weight excluding hydrogens is 385 g/mol. The van der Waals surface area contributed by atoms with Gasteiger partial charge in [-0.25, -0.2) is 15.0 Å². The second-order valence-electron chi connectivity index (χ2n) is 6.17. The van der Waals surface area contributed by atoms with Gasteiger partial charge in [0.2, 0.25) is 5.91 Å². The molecule has 0 aliphatic carbocycles. The zero-order chi connectivity index (χ0) is 20.9. The topological polar surface area (TPSA) is 91.8 Å². The molecule has 150 valence electrons. The summed E-state index contributed by atoms with van der Waals surface area (Å²) in [6, 6.07) is 11.7. The van der Waals surface area contributed by atoms with Gasteiger partial charge in [0.1, 0.15) is 30.2 Å². The van der Waals surface area contributed by atoms with Gasteiger partial charge in [-0.1, -0.05) is 0 Å². The number of nitrogens with zero attached hydrogens (tertiary/aromatic N) is 3. The van der Waals surface area contributed by atoms with Crippen LogP contribution < -0.4 is 16.0 Å². The van der Waals surface area contributed by atoms with Crippen molar-refractivity contribution >= 4 is 34.7 Å². The van der Waals surface area contributed by atoms with Gasteiger partial charge in [0, 0.05) is 23.6 Å². The second-order valence-corrected chi connectivity index (χ2v) is 6.17. The lowest BCUT2D eigenvalue weighted by Crippen LogP contribution is -2.21. The van der Waals surface area contributed by atoms with Crippen molar-refractivity contribution in [1.82, 2.24) is 15.0 Å². The van der Waals surface area contributed by atoms with E-state index in [-0.39, 0.29) is 5.69 Å². The fourth-order valence-corrected chi connectivity index (χ4v) is 2.40. The molecule has 2 heterocycles. The van der Waals surface area contributed by atoms with Crippen LogP contribution in [0.1, 0.15) is 12.0 Å². The number of rotatable bonds is 6. The van der Waals surface area contributed by atoms with Crippen LogP contribution in [0.15, 0.2) is 55.0 Å². The average Bonchev–Trinajstić information content (AvgIpc) is 2.62. The van der Waals surface area contributed by atoms with Gasteiger partial charge in [0.25, 0.3) is 0 Å². The van der Waals surface area contributed by atoms with Gasteiger partial charge in [0.05, 0.1) is 0 Å². The van der Waals surface area contributed by atoms with Crippen LogP contribution in [0.5, 0.6) is 0 Å². The standard InChI is InChI=1S/C19H17F3N6O/c1-12-6-7-23-15(8-12)28-17-9-16(24-11-25-17)26-13-2-4-14(5-3-13)27-18(29)10-19(20,21)22/h2-9,11H,10H2,1H3,(H,27,29)(H2,23,24,25,26,28). The van der Waals surface area contributed by atoms with Crippen molar-refractivity contribution < 1.29 is 18.0 Å². The summed E-state index contributed by atoms with van der Waals surface area (Å²) in [6.45, 7) is 1.95. The van der Waals surface area contributed by atoms with Crippen molar-refractivity contribution in [3.8, 4) is 0 Å². The summed E-state index contributed by atoms with van der Waals surface area (Å²) >= 11 is 0. The Balaban J connectivity index is 1.62. The number of amides is 1. The zero-order valence-electron chi connectivity index (χ0n) is 15.3. The summed E-state index contributed by atoms with van der Waals surface area (Å²) in [5, 5.41) is 8.34. The fraction of sp³-hybridized carbons (Fsp3) is 0.158. The molecule has 0 atom stereocenters. The Morgan fingerprint density at radius 2 is 1.52 bits per heavy atom. The smallest absolute Gasteiger partial charge is 0.340 e. The maximum Gasteiger partial charge on any atom is 0.397 e. The molecule has 0 unspecified atom stereocenters. The predicted molar refractivity (Wildman–Crippen MR) is 103 cm³/mol. The van der Waals surface area contributed by atoms with Crippen LogP contribution in [0.3, 0.4) is 0 Å². The van der Waals surface area contributed by atoms with E-state index in [1.807, 2.05) is 19.1 Å². The van der Waals surface area contributed by atoms with Gasteiger partial charge in [-0.3, -0.25) is 4.79 Å². The first kappa shape index (κ1) is 20.1. The minimum absolute atomic E-state index is 0.264. The highest BCUT2D eigenvalue weighted by atomic mass is 19.4. The lowest BCUT2D eigenvalue weighted by Gasteiger charge is -2.10. The summed E-state index contributed by atoms with van der Waals surface area (Å²) in [5.74, 6) is 0.573. The molecule has 1 amide bonds. The Hall–Kier alpha value is -3.69. The van der Waals surface area contributed by atoms with E-state index in [1.54, 1.807) is 24.4 Å². The lowest BCUT2D eigenvalue weighted by molar-refractivity contribution is -0.150. The molecule has 3 rings (SSSR count). The first-order chi connectivity index (χ1) is 13.8. The Kier molecular flexibility index (Phi) is 5.91. The molecule has 0 bridgehead atoms. The third-order valence-electron chi connectivity index (χ3n) is 3.64. The lowest BCUT2D eigenvalue weighted by atomic mass is 10.2. The Morgan fingerprint density at radius 3 is 2.17 bits per heavy atom. The van der Waals surface area contributed by atoms with Gasteiger partial charge in [-0.2, -0.15) is 13.2 Å². The number of benzene rings is 1. The number of nitrogens with one attached hydrogen (secondary N) is 3. The molecule has 7 nitrogen and oxygen atoms in total. The molecule has 0 spiro atoms. The first-order valence-electron chi connectivity index (χ1n) is 8.52. The molecule has 0 aliphatic heterocycles. The molecule has 2 aromatic heterocycles. The summed E-state index contributed by atoms with van der Waals surface area (Å²) in [7, 11) is 0. The minimum atomic E-state index is -4.54. The molecule has 3 N–H and O–H groups in total. The average molecular weight is 402 g/mol. The van der Waals surface area contributed by atoms with Crippen LogP contribution in [-0.2, 0) is 4.79 Å². The maximum atomic E-state index is 12.2. The van der Waals surface area contributed by atoms with Gasteiger partial charge in [0.15, 0.2) is 0 Å². The SMILES string of the molecule is Cc1ccnc(Nc2cc(Nc3ccc(NC(=O)CC(F)(F)F)cc3)ncn2)c1. The number of anilines is 5. The van der Waals surface area contributed by atoms with E-state index in [1.165, 1.54) is 18.5 Å². The van der Waals surface area contributed by atoms with Crippen LogP contribution in [0.4, 0.5) is 42.0 Å². The molecule has 1 aromatic carbocycles. The highest BCUT2D eigenvalue weighted by Crippen LogP contribution is 2.22. The largest absolute Gasteiger partial charge is 0.397 e. The zero-order valence-corrected chi connectivity index (χ0v) is 15.3. The van der Waals surface area contributed by atoms with Crippen LogP contribution in [0.25, 0.3) is 0 Å². The molecule has 10 heteroatoms. The summed E-state index contributed by atoms with van der Waals surface area (Å²) in [5.41, 5.74) is 1.95. The Labute approximate surface area is 164 Å². The van der Waals surface area contributed by atoms with E-state index in [0.29, 0.717) is 23.1 Å². The van der Waals surface area contributed by atoms with E-state index in [9.17, 15) is 18.0 Å². The molecule has 0 saturated heterocycles. The van der Waals surface area contributed by atoms with Crippen molar-refractivity contribution in [1.29, 1.82) is 0 Å². The normalized spacial score (nSPS) is 11.0. The number of aromatic nitrogens is 3. The van der Waals surface area contributed by atoms with Crippen molar-refractivity contribution in [2.24, 2.45) is 0 Å². The van der Waals surface area contributed by atoms with Crippen molar-refractivity contribution in [3.63, 3.8) is 0 Å². The third-order valence-corrected chi connectivity index (χ3v) is 3.64. The van der Waals surface area contributed by atoms with Crippen molar-refractivity contribution in [2.75, 3.05) is 16.0 Å². The molecular formula is C19H17F3N6O. The number of hydrogen-bond acceptors (Lipinski definition) is 6. The number of halogens is 3. The van der Waals surface area contributed by atoms with Crippen LogP contribution in [0.2, 0.25) is 0 Å². The summed E-state index contributed by atoms with van der Waals surface area (Å²) in [6.07, 6.45) is -3.00. The van der Waals surface area contributed by atoms with E-state index in [2.05, 4.69) is 30.9 Å². The fourth-order valence-electron chi connectivity index (χ4n) is 2.40. The van der Waals surface area contributed by atoms with Crippen LogP contribution in [-0.4, -0.2) is 27.0 Å². The maximum absolute atomic E-state index is 12.2. The van der Waals surface area contributed by atoms with Crippen molar-refractivity contribution in [3.05, 3.63) is 60.6 Å². The van der Waals surface area contributed by atoms with Crippen molar-refractivity contribution in [2.45, 2.75) is 19.5 Å². The van der Waals surface area contributed by atoms with Gasteiger partial charge in [-0.15, -0.1) is 0 Å². The molecule has 0 aliphatic rings. The van der Waals surface area contributed by atoms with E-state index >= 15 is 0 Å². The highest BCUT2D eigenvalue weighted by molar-refractivity contribution is 5.91. The summed E-state index contributed by atoms with van der Waals surface area (Å²) < 4.78 is 36.6. The summed E-state index contributed by atoms with van der Waals surface area (Å²) in [4.78, 5) is 23.8. The number of hydrogen-bond donors (Lipinski definition) is 3. The molecule has 29 heavy (non-hydrogen) atoms. The van der Waals surface area contributed by atoms with Crippen LogP contribution in [0, 0.1) is 6.92 Å². The predicted octanol–water partition coefficient (Wildman–Crippen LogP) is 4.56. The number of carbonyl (C=O) groups excluding carboxylic acids is 1. The third kappa shape index (κ3) is 6.45. The number of alkyl halides is 3.